The molecule has 1 unspecified atom stereocenters. The standard InChI is InChI=1S/C17H37N3/c1-5-19(6-2)14-10-18-11-15-20-12-7-8-17(9-13-20)16(3)4/h16-18H,5-15H2,1-4H3. The minimum Gasteiger partial charge on any atom is -0.314 e. The number of likely N-dealkylation sites (tertiary alicyclic amines) is 1. The quantitative estimate of drug-likeness (QED) is 0.656. The summed E-state index contributed by atoms with van der Waals surface area (Å²) in [6.45, 7) is 18.9. The van der Waals surface area contributed by atoms with Gasteiger partial charge in [-0.25, -0.2) is 0 Å². The molecule has 0 aromatic rings. The molecule has 0 spiro atoms. The van der Waals surface area contributed by atoms with E-state index in [2.05, 4.69) is 42.8 Å². The van der Waals surface area contributed by atoms with Crippen molar-refractivity contribution in [2.24, 2.45) is 11.8 Å². The predicted octanol–water partition coefficient (Wildman–Crippen LogP) is 2.68. The summed E-state index contributed by atoms with van der Waals surface area (Å²) in [6.07, 6.45) is 4.23. The van der Waals surface area contributed by atoms with Crippen molar-refractivity contribution in [3.8, 4) is 0 Å². The first-order chi connectivity index (χ1) is 9.67. The average molecular weight is 284 g/mol. The van der Waals surface area contributed by atoms with E-state index >= 15 is 0 Å². The first-order valence-corrected chi connectivity index (χ1v) is 8.82. The van der Waals surface area contributed by atoms with Gasteiger partial charge in [0.2, 0.25) is 0 Å². The highest BCUT2D eigenvalue weighted by Crippen LogP contribution is 2.24. The zero-order chi connectivity index (χ0) is 14.8. The van der Waals surface area contributed by atoms with E-state index < -0.39 is 0 Å². The lowest BCUT2D eigenvalue weighted by atomic mass is 9.89. The molecule has 3 nitrogen and oxygen atoms in total. The summed E-state index contributed by atoms with van der Waals surface area (Å²) >= 11 is 0. The molecule has 0 aliphatic carbocycles. The lowest BCUT2D eigenvalue weighted by Gasteiger charge is -2.22. The van der Waals surface area contributed by atoms with Crippen LogP contribution in [0.1, 0.15) is 47.0 Å². The van der Waals surface area contributed by atoms with Gasteiger partial charge in [0.15, 0.2) is 0 Å². The molecule has 1 N–H and O–H groups in total. The molecular weight excluding hydrogens is 246 g/mol. The molecule has 1 heterocycles. The smallest absolute Gasteiger partial charge is 0.0107 e. The van der Waals surface area contributed by atoms with Gasteiger partial charge in [-0.15, -0.1) is 0 Å². The number of nitrogens with one attached hydrogen (secondary N) is 1. The lowest BCUT2D eigenvalue weighted by molar-refractivity contribution is 0.264. The van der Waals surface area contributed by atoms with Gasteiger partial charge in [0.1, 0.15) is 0 Å². The van der Waals surface area contributed by atoms with Crippen LogP contribution >= 0.6 is 0 Å². The van der Waals surface area contributed by atoms with Crippen LogP contribution in [-0.2, 0) is 0 Å². The minimum absolute atomic E-state index is 0.863. The SMILES string of the molecule is CCN(CC)CCNCCN1CCCC(C(C)C)CC1. The second kappa shape index (κ2) is 10.6. The summed E-state index contributed by atoms with van der Waals surface area (Å²) in [5.74, 6) is 1.82. The predicted molar refractivity (Wildman–Crippen MR) is 89.3 cm³/mol. The summed E-state index contributed by atoms with van der Waals surface area (Å²) in [6, 6.07) is 0. The molecule has 0 amide bonds. The summed E-state index contributed by atoms with van der Waals surface area (Å²) in [7, 11) is 0. The fourth-order valence-corrected chi connectivity index (χ4v) is 3.21. The van der Waals surface area contributed by atoms with Gasteiger partial charge in [-0.05, 0) is 57.3 Å². The van der Waals surface area contributed by atoms with Crippen molar-refractivity contribution in [1.29, 1.82) is 0 Å². The van der Waals surface area contributed by atoms with Gasteiger partial charge in [-0.3, -0.25) is 0 Å². The average Bonchev–Trinajstić information content (AvgIpc) is 2.68. The first kappa shape index (κ1) is 17.9. The van der Waals surface area contributed by atoms with Gasteiger partial charge in [-0.2, -0.15) is 0 Å². The Balaban J connectivity index is 2.07. The van der Waals surface area contributed by atoms with E-state index in [-0.39, 0.29) is 0 Å². The topological polar surface area (TPSA) is 18.5 Å². The minimum atomic E-state index is 0.863. The van der Waals surface area contributed by atoms with E-state index in [0.717, 1.165) is 24.9 Å². The van der Waals surface area contributed by atoms with Crippen LogP contribution in [0, 0.1) is 11.8 Å². The number of hydrogen-bond acceptors (Lipinski definition) is 3. The van der Waals surface area contributed by atoms with Gasteiger partial charge in [0.05, 0.1) is 0 Å². The molecule has 120 valence electrons. The molecule has 0 aromatic heterocycles. The van der Waals surface area contributed by atoms with E-state index in [1.165, 1.54) is 58.5 Å². The van der Waals surface area contributed by atoms with E-state index in [9.17, 15) is 0 Å². The van der Waals surface area contributed by atoms with Crippen molar-refractivity contribution >= 4 is 0 Å². The van der Waals surface area contributed by atoms with Crippen molar-refractivity contribution in [1.82, 2.24) is 15.1 Å². The third-order valence-corrected chi connectivity index (χ3v) is 4.91. The van der Waals surface area contributed by atoms with Crippen LogP contribution in [0.5, 0.6) is 0 Å². The molecule has 1 atom stereocenters. The van der Waals surface area contributed by atoms with Crippen molar-refractivity contribution < 1.29 is 0 Å². The molecule has 1 aliphatic heterocycles. The second-order valence-corrected chi connectivity index (χ2v) is 6.55. The lowest BCUT2D eigenvalue weighted by Crippen LogP contribution is -2.37. The van der Waals surface area contributed by atoms with E-state index in [1.54, 1.807) is 0 Å². The Morgan fingerprint density at radius 2 is 1.85 bits per heavy atom. The zero-order valence-electron chi connectivity index (χ0n) is 14.3. The molecule has 1 aliphatic rings. The number of nitrogens with zero attached hydrogens (tertiary/aromatic N) is 2. The number of hydrogen-bond donors (Lipinski definition) is 1. The third kappa shape index (κ3) is 7.05. The van der Waals surface area contributed by atoms with Gasteiger partial charge >= 0.3 is 0 Å². The summed E-state index contributed by atoms with van der Waals surface area (Å²) in [5.41, 5.74) is 0. The fourth-order valence-electron chi connectivity index (χ4n) is 3.21. The van der Waals surface area contributed by atoms with Crippen LogP contribution in [0.4, 0.5) is 0 Å². The molecule has 0 bridgehead atoms. The largest absolute Gasteiger partial charge is 0.314 e. The Morgan fingerprint density at radius 3 is 2.50 bits per heavy atom. The Bertz CT molecular complexity index is 226. The highest BCUT2D eigenvalue weighted by atomic mass is 15.2. The van der Waals surface area contributed by atoms with Gasteiger partial charge in [0, 0.05) is 26.2 Å². The van der Waals surface area contributed by atoms with E-state index in [4.69, 9.17) is 0 Å². The van der Waals surface area contributed by atoms with E-state index in [0.29, 0.717) is 0 Å². The number of likely N-dealkylation sites (N-methyl/N-ethyl adjacent to an activating group) is 1. The van der Waals surface area contributed by atoms with Gasteiger partial charge in [-0.1, -0.05) is 27.7 Å². The molecule has 1 fully saturated rings. The molecule has 20 heavy (non-hydrogen) atoms. The Hall–Kier alpha value is -0.120. The maximum Gasteiger partial charge on any atom is 0.0107 e. The van der Waals surface area contributed by atoms with Crippen molar-refractivity contribution in [2.75, 3.05) is 52.4 Å². The highest BCUT2D eigenvalue weighted by molar-refractivity contribution is 4.72. The zero-order valence-corrected chi connectivity index (χ0v) is 14.3. The van der Waals surface area contributed by atoms with Crippen LogP contribution in [0.15, 0.2) is 0 Å². The summed E-state index contributed by atoms with van der Waals surface area (Å²) in [4.78, 5) is 5.14. The highest BCUT2D eigenvalue weighted by Gasteiger charge is 2.18. The van der Waals surface area contributed by atoms with Crippen molar-refractivity contribution in [3.05, 3.63) is 0 Å². The third-order valence-electron chi connectivity index (χ3n) is 4.91. The van der Waals surface area contributed by atoms with E-state index in [1.807, 2.05) is 0 Å². The molecule has 0 saturated carbocycles. The molecule has 0 radical (unpaired) electrons. The molecule has 0 aromatic carbocycles. The normalized spacial score (nSPS) is 21.6. The van der Waals surface area contributed by atoms with Gasteiger partial charge < -0.3 is 15.1 Å². The van der Waals surface area contributed by atoms with Crippen molar-refractivity contribution in [2.45, 2.75) is 47.0 Å². The van der Waals surface area contributed by atoms with Crippen LogP contribution in [0.2, 0.25) is 0 Å². The summed E-state index contributed by atoms with van der Waals surface area (Å²) in [5, 5.41) is 3.60. The Labute approximate surface area is 127 Å². The van der Waals surface area contributed by atoms with Crippen LogP contribution in [0.25, 0.3) is 0 Å². The second-order valence-electron chi connectivity index (χ2n) is 6.55. The molecule has 3 heteroatoms. The van der Waals surface area contributed by atoms with Crippen LogP contribution in [-0.4, -0.2) is 62.2 Å². The first-order valence-electron chi connectivity index (χ1n) is 8.82. The summed E-state index contributed by atoms with van der Waals surface area (Å²) < 4.78 is 0. The number of rotatable bonds is 9. The van der Waals surface area contributed by atoms with Crippen LogP contribution in [0.3, 0.4) is 0 Å². The van der Waals surface area contributed by atoms with Gasteiger partial charge in [0.25, 0.3) is 0 Å². The Morgan fingerprint density at radius 1 is 1.10 bits per heavy atom. The Kier molecular flexibility index (Phi) is 9.49. The van der Waals surface area contributed by atoms with Crippen molar-refractivity contribution in [3.63, 3.8) is 0 Å². The molecule has 1 saturated heterocycles. The molecule has 1 rings (SSSR count). The molecular formula is C17H37N3. The maximum absolute atomic E-state index is 3.60. The maximum atomic E-state index is 3.60. The monoisotopic (exact) mass is 283 g/mol. The van der Waals surface area contributed by atoms with Crippen LogP contribution < -0.4 is 5.32 Å². The fraction of sp³-hybridized carbons (Fsp3) is 1.00.